The monoisotopic (exact) mass is 420 g/mol. The Balaban J connectivity index is 1.61. The third kappa shape index (κ3) is 5.14. The van der Waals surface area contributed by atoms with Crippen LogP contribution in [0.2, 0.25) is 0 Å². The molecular weight excluding hydrogens is 392 g/mol. The molecule has 29 heavy (non-hydrogen) atoms. The fraction of sp³-hybridized carbons (Fsp3) is 0.600. The highest BCUT2D eigenvalue weighted by Crippen LogP contribution is 2.22. The molecule has 9 heteroatoms. The van der Waals surface area contributed by atoms with Crippen molar-refractivity contribution in [3.05, 3.63) is 21.9 Å². The van der Waals surface area contributed by atoms with Gasteiger partial charge in [0.2, 0.25) is 11.8 Å². The van der Waals surface area contributed by atoms with E-state index in [1.165, 1.54) is 0 Å². The molecule has 2 saturated heterocycles. The lowest BCUT2D eigenvalue weighted by molar-refractivity contribution is -0.143. The number of hydrogen-bond acceptors (Lipinski definition) is 5. The molecule has 1 aromatic rings. The number of carbonyl (C=O) groups excluding carboxylic acids is 4. The van der Waals surface area contributed by atoms with E-state index in [4.69, 9.17) is 5.73 Å². The largest absolute Gasteiger partial charge is 0.365 e. The molecule has 1 aromatic heterocycles. The minimum absolute atomic E-state index is 0.0734. The molecular formula is C20H28N4O4S. The van der Waals surface area contributed by atoms with Crippen LogP contribution in [0.5, 0.6) is 0 Å². The standard InChI is InChI=1S/C20H28N4O4S/c1-2-23-11-13(6-9-17(23)25)20(28)24-10-4-3-5-14(12-24)22-19(27)16-8-7-15(29-16)18(21)26/h7-8,13-14H,2-6,9-12H2,1H3,(H2,21,26)(H,22,27). The zero-order valence-electron chi connectivity index (χ0n) is 16.7. The minimum Gasteiger partial charge on any atom is -0.365 e. The Morgan fingerprint density at radius 2 is 1.93 bits per heavy atom. The molecule has 2 atom stereocenters. The Morgan fingerprint density at radius 3 is 2.62 bits per heavy atom. The maximum atomic E-state index is 13.1. The van der Waals surface area contributed by atoms with Gasteiger partial charge in [0.15, 0.2) is 0 Å². The van der Waals surface area contributed by atoms with E-state index in [2.05, 4.69) is 5.32 Å². The maximum absolute atomic E-state index is 13.1. The second kappa shape index (κ2) is 9.39. The second-order valence-corrected chi connectivity index (χ2v) is 8.73. The molecule has 158 valence electrons. The average molecular weight is 421 g/mol. The highest BCUT2D eigenvalue weighted by Gasteiger charge is 2.33. The summed E-state index contributed by atoms with van der Waals surface area (Å²) in [6.07, 6.45) is 3.63. The van der Waals surface area contributed by atoms with E-state index < -0.39 is 5.91 Å². The fourth-order valence-corrected chi connectivity index (χ4v) is 4.75. The number of likely N-dealkylation sites (tertiary alicyclic amines) is 2. The first-order valence-corrected chi connectivity index (χ1v) is 11.0. The van der Waals surface area contributed by atoms with Gasteiger partial charge in [-0.3, -0.25) is 19.2 Å². The van der Waals surface area contributed by atoms with Gasteiger partial charge in [0.1, 0.15) is 0 Å². The van der Waals surface area contributed by atoms with Crippen molar-refractivity contribution < 1.29 is 19.2 Å². The Kier molecular flexibility index (Phi) is 6.89. The summed E-state index contributed by atoms with van der Waals surface area (Å²) in [6.45, 7) is 4.17. The first-order chi connectivity index (χ1) is 13.9. The zero-order valence-corrected chi connectivity index (χ0v) is 17.5. The molecule has 4 amide bonds. The molecule has 0 bridgehead atoms. The number of carbonyl (C=O) groups is 4. The predicted molar refractivity (Wildman–Crippen MR) is 110 cm³/mol. The Labute approximate surface area is 174 Å². The number of nitrogens with zero attached hydrogens (tertiary/aromatic N) is 2. The molecule has 0 aromatic carbocycles. The molecule has 3 heterocycles. The van der Waals surface area contributed by atoms with Crippen LogP contribution in [0.4, 0.5) is 0 Å². The number of nitrogens with one attached hydrogen (secondary N) is 1. The lowest BCUT2D eigenvalue weighted by Crippen LogP contribution is -2.50. The maximum Gasteiger partial charge on any atom is 0.261 e. The number of nitrogens with two attached hydrogens (primary N) is 1. The van der Waals surface area contributed by atoms with E-state index in [1.54, 1.807) is 17.0 Å². The molecule has 2 unspecified atom stereocenters. The number of thiophene rings is 1. The summed E-state index contributed by atoms with van der Waals surface area (Å²) in [7, 11) is 0. The molecule has 2 aliphatic rings. The van der Waals surface area contributed by atoms with Crippen LogP contribution in [0.3, 0.4) is 0 Å². The van der Waals surface area contributed by atoms with Gasteiger partial charge in [-0.15, -0.1) is 11.3 Å². The molecule has 0 saturated carbocycles. The van der Waals surface area contributed by atoms with Gasteiger partial charge in [-0.05, 0) is 44.7 Å². The molecule has 3 N–H and O–H groups in total. The molecule has 0 aliphatic carbocycles. The van der Waals surface area contributed by atoms with Crippen LogP contribution in [0.25, 0.3) is 0 Å². The van der Waals surface area contributed by atoms with E-state index in [0.29, 0.717) is 48.8 Å². The van der Waals surface area contributed by atoms with Crippen molar-refractivity contribution >= 4 is 35.0 Å². The lowest BCUT2D eigenvalue weighted by Gasteiger charge is -2.34. The second-order valence-electron chi connectivity index (χ2n) is 7.65. The van der Waals surface area contributed by atoms with Crippen molar-refractivity contribution in [2.24, 2.45) is 11.7 Å². The third-order valence-electron chi connectivity index (χ3n) is 5.62. The van der Waals surface area contributed by atoms with E-state index in [0.717, 1.165) is 30.6 Å². The van der Waals surface area contributed by atoms with Gasteiger partial charge in [0.25, 0.3) is 11.8 Å². The van der Waals surface area contributed by atoms with Gasteiger partial charge < -0.3 is 20.9 Å². The topological polar surface area (TPSA) is 113 Å². The normalized spacial score (nSPS) is 22.9. The molecule has 0 radical (unpaired) electrons. The number of piperidine rings is 1. The van der Waals surface area contributed by atoms with Crippen LogP contribution in [-0.2, 0) is 9.59 Å². The summed E-state index contributed by atoms with van der Waals surface area (Å²) in [5, 5.41) is 3.00. The Bertz CT molecular complexity index is 793. The number of rotatable bonds is 5. The molecule has 2 aliphatic heterocycles. The Hall–Kier alpha value is -2.42. The highest BCUT2D eigenvalue weighted by atomic mass is 32.1. The van der Waals surface area contributed by atoms with Crippen molar-refractivity contribution in [3.63, 3.8) is 0 Å². The minimum atomic E-state index is -0.549. The van der Waals surface area contributed by atoms with Gasteiger partial charge >= 0.3 is 0 Å². The molecule has 0 spiro atoms. The molecule has 2 fully saturated rings. The quantitative estimate of drug-likeness (QED) is 0.745. The summed E-state index contributed by atoms with van der Waals surface area (Å²) in [6, 6.07) is 3.01. The van der Waals surface area contributed by atoms with Crippen molar-refractivity contribution in [1.29, 1.82) is 0 Å². The summed E-state index contributed by atoms with van der Waals surface area (Å²) in [4.78, 5) is 53.1. The average Bonchev–Trinajstić information content (AvgIpc) is 3.10. The predicted octanol–water partition coefficient (Wildman–Crippen LogP) is 1.22. The summed E-state index contributed by atoms with van der Waals surface area (Å²) in [5.41, 5.74) is 5.25. The van der Waals surface area contributed by atoms with E-state index in [9.17, 15) is 19.2 Å². The first kappa shape index (κ1) is 21.3. The summed E-state index contributed by atoms with van der Waals surface area (Å²) < 4.78 is 0. The van der Waals surface area contributed by atoms with Crippen molar-refractivity contribution in [2.45, 2.75) is 45.1 Å². The Morgan fingerprint density at radius 1 is 1.17 bits per heavy atom. The van der Waals surface area contributed by atoms with Gasteiger partial charge in [0.05, 0.1) is 15.7 Å². The van der Waals surface area contributed by atoms with Crippen LogP contribution in [0, 0.1) is 5.92 Å². The van der Waals surface area contributed by atoms with Crippen molar-refractivity contribution in [1.82, 2.24) is 15.1 Å². The van der Waals surface area contributed by atoms with Crippen LogP contribution in [0.1, 0.15) is 58.4 Å². The van der Waals surface area contributed by atoms with E-state index in [-0.39, 0.29) is 29.7 Å². The van der Waals surface area contributed by atoms with Crippen LogP contribution in [0.15, 0.2) is 12.1 Å². The van der Waals surface area contributed by atoms with Crippen molar-refractivity contribution in [3.8, 4) is 0 Å². The SMILES string of the molecule is CCN1CC(C(=O)N2CCCCC(NC(=O)c3ccc(C(N)=O)s3)C2)CCC1=O. The van der Waals surface area contributed by atoms with Gasteiger partial charge in [0, 0.05) is 38.6 Å². The number of hydrogen-bond donors (Lipinski definition) is 2. The zero-order chi connectivity index (χ0) is 21.0. The smallest absolute Gasteiger partial charge is 0.261 e. The van der Waals surface area contributed by atoms with Crippen LogP contribution in [-0.4, -0.2) is 65.6 Å². The first-order valence-electron chi connectivity index (χ1n) is 10.2. The third-order valence-corrected chi connectivity index (χ3v) is 6.72. The number of primary amides is 1. The summed E-state index contributed by atoms with van der Waals surface area (Å²) in [5.74, 6) is -0.778. The lowest BCUT2D eigenvalue weighted by atomic mass is 9.96. The van der Waals surface area contributed by atoms with Crippen LogP contribution < -0.4 is 11.1 Å². The highest BCUT2D eigenvalue weighted by molar-refractivity contribution is 7.15. The summed E-state index contributed by atoms with van der Waals surface area (Å²) >= 11 is 1.07. The van der Waals surface area contributed by atoms with Crippen molar-refractivity contribution in [2.75, 3.05) is 26.2 Å². The van der Waals surface area contributed by atoms with Gasteiger partial charge in [-0.1, -0.05) is 0 Å². The number of amides is 4. The van der Waals surface area contributed by atoms with Gasteiger partial charge in [-0.25, -0.2) is 0 Å². The van der Waals surface area contributed by atoms with E-state index >= 15 is 0 Å². The molecule has 8 nitrogen and oxygen atoms in total. The van der Waals surface area contributed by atoms with Crippen LogP contribution >= 0.6 is 11.3 Å². The molecule has 3 rings (SSSR count). The fourth-order valence-electron chi connectivity index (χ4n) is 3.99. The van der Waals surface area contributed by atoms with E-state index in [1.807, 2.05) is 11.8 Å². The van der Waals surface area contributed by atoms with Gasteiger partial charge in [-0.2, -0.15) is 0 Å².